The van der Waals surface area contributed by atoms with Gasteiger partial charge in [0.2, 0.25) is 5.91 Å². The molecule has 0 fully saturated rings. The lowest BCUT2D eigenvalue weighted by atomic mass is 10.0. The van der Waals surface area contributed by atoms with Crippen molar-refractivity contribution in [3.05, 3.63) is 82.4 Å². The molecule has 0 saturated heterocycles. The summed E-state index contributed by atoms with van der Waals surface area (Å²) >= 11 is 0. The van der Waals surface area contributed by atoms with Crippen LogP contribution in [0.2, 0.25) is 0 Å². The minimum Gasteiger partial charge on any atom is -0.366 e. The van der Waals surface area contributed by atoms with E-state index in [2.05, 4.69) is 67.8 Å². The lowest BCUT2D eigenvalue weighted by Crippen LogP contribution is -2.11. The maximum Gasteiger partial charge on any atom is 0.249 e. The van der Waals surface area contributed by atoms with Crippen molar-refractivity contribution in [2.45, 2.75) is 40.2 Å². The molecular formula is C25H26N2O. The van der Waals surface area contributed by atoms with Crippen LogP contribution < -0.4 is 5.73 Å². The molecule has 0 bridgehead atoms. The minimum absolute atomic E-state index is 0.381. The van der Waals surface area contributed by atoms with Gasteiger partial charge in [-0.2, -0.15) is 0 Å². The Morgan fingerprint density at radius 3 is 2.43 bits per heavy atom. The molecule has 142 valence electrons. The molecule has 4 aromatic rings. The van der Waals surface area contributed by atoms with E-state index in [1.165, 1.54) is 22.3 Å². The summed E-state index contributed by atoms with van der Waals surface area (Å²) in [4.78, 5) is 12.1. The van der Waals surface area contributed by atoms with Crippen LogP contribution in [0.15, 0.2) is 54.6 Å². The van der Waals surface area contributed by atoms with Crippen LogP contribution >= 0.6 is 0 Å². The van der Waals surface area contributed by atoms with Crippen LogP contribution in [-0.2, 0) is 13.0 Å². The number of aryl methyl sites for hydroxylation is 3. The van der Waals surface area contributed by atoms with Gasteiger partial charge in [-0.1, -0.05) is 49.7 Å². The van der Waals surface area contributed by atoms with Crippen LogP contribution in [-0.4, -0.2) is 10.5 Å². The van der Waals surface area contributed by atoms with Crippen molar-refractivity contribution >= 4 is 27.7 Å². The van der Waals surface area contributed by atoms with E-state index in [1.807, 2.05) is 12.1 Å². The number of fused-ring (bicyclic) bond motifs is 3. The highest BCUT2D eigenvalue weighted by molar-refractivity contribution is 6.18. The number of carbonyl (C=O) groups excluding carboxylic acids is 1. The zero-order chi connectivity index (χ0) is 19.8. The van der Waals surface area contributed by atoms with Gasteiger partial charge in [0.1, 0.15) is 0 Å². The van der Waals surface area contributed by atoms with Gasteiger partial charge >= 0.3 is 0 Å². The summed E-state index contributed by atoms with van der Waals surface area (Å²) in [6.07, 6.45) is 2.15. The molecule has 3 heteroatoms. The van der Waals surface area contributed by atoms with Gasteiger partial charge in [-0.3, -0.25) is 4.79 Å². The number of hydrogen-bond acceptors (Lipinski definition) is 1. The number of carbonyl (C=O) groups is 1. The van der Waals surface area contributed by atoms with Gasteiger partial charge in [-0.15, -0.1) is 0 Å². The first-order valence-electron chi connectivity index (χ1n) is 9.89. The monoisotopic (exact) mass is 370 g/mol. The highest BCUT2D eigenvalue weighted by Crippen LogP contribution is 2.33. The summed E-state index contributed by atoms with van der Waals surface area (Å²) in [5.74, 6) is -0.381. The first kappa shape index (κ1) is 18.3. The summed E-state index contributed by atoms with van der Waals surface area (Å²) in [6, 6.07) is 19.0. The van der Waals surface area contributed by atoms with Gasteiger partial charge in [0, 0.05) is 28.4 Å². The normalized spacial score (nSPS) is 11.4. The average Bonchev–Trinajstić information content (AvgIpc) is 2.98. The Hall–Kier alpha value is -3.07. The molecule has 0 saturated carbocycles. The van der Waals surface area contributed by atoms with Gasteiger partial charge in [0.05, 0.1) is 5.52 Å². The predicted octanol–water partition coefficient (Wildman–Crippen LogP) is 5.51. The van der Waals surface area contributed by atoms with Gasteiger partial charge in [0.25, 0.3) is 0 Å². The third kappa shape index (κ3) is 3.07. The number of nitrogens with two attached hydrogens (primary N) is 1. The second kappa shape index (κ2) is 7.16. The van der Waals surface area contributed by atoms with Crippen molar-refractivity contribution in [2.75, 3.05) is 0 Å². The second-order valence-corrected chi connectivity index (χ2v) is 7.67. The van der Waals surface area contributed by atoms with Gasteiger partial charge in [0.15, 0.2) is 0 Å². The molecule has 1 aromatic heterocycles. The SMILES string of the molecule is CCCc1ccc2c3c(C(N)=O)cccc3n(Cc3ccc(C)c(C)c3)c2c1. The molecule has 3 nitrogen and oxygen atoms in total. The van der Waals surface area contributed by atoms with Crippen molar-refractivity contribution in [1.29, 1.82) is 0 Å². The van der Waals surface area contributed by atoms with Crippen LogP contribution in [0.5, 0.6) is 0 Å². The summed E-state index contributed by atoms with van der Waals surface area (Å²) in [5.41, 5.74) is 13.7. The molecule has 0 spiro atoms. The zero-order valence-electron chi connectivity index (χ0n) is 16.8. The van der Waals surface area contributed by atoms with Crippen molar-refractivity contribution in [2.24, 2.45) is 5.73 Å². The Kier molecular flexibility index (Phi) is 4.68. The summed E-state index contributed by atoms with van der Waals surface area (Å²) in [7, 11) is 0. The van der Waals surface area contributed by atoms with E-state index in [-0.39, 0.29) is 5.91 Å². The van der Waals surface area contributed by atoms with Crippen LogP contribution in [0.25, 0.3) is 21.8 Å². The van der Waals surface area contributed by atoms with Gasteiger partial charge in [-0.25, -0.2) is 0 Å². The van der Waals surface area contributed by atoms with Crippen molar-refractivity contribution in [3.8, 4) is 0 Å². The summed E-state index contributed by atoms with van der Waals surface area (Å²) < 4.78 is 2.32. The third-order valence-corrected chi connectivity index (χ3v) is 5.67. The van der Waals surface area contributed by atoms with Crippen LogP contribution in [0.4, 0.5) is 0 Å². The predicted molar refractivity (Wildman–Crippen MR) is 117 cm³/mol. The highest BCUT2D eigenvalue weighted by atomic mass is 16.1. The summed E-state index contributed by atoms with van der Waals surface area (Å²) in [5, 5.41) is 2.05. The standard InChI is InChI=1S/C25H26N2O/c1-4-6-18-11-12-20-23(14-18)27(15-19-10-9-16(2)17(3)13-19)22-8-5-7-21(24(20)22)25(26)28/h5,7-14H,4,6,15H2,1-3H3,(H2,26,28). The van der Waals surface area contributed by atoms with Gasteiger partial charge < -0.3 is 10.3 Å². The first-order valence-corrected chi connectivity index (χ1v) is 9.89. The van der Waals surface area contributed by atoms with E-state index < -0.39 is 0 Å². The molecule has 0 unspecified atom stereocenters. The smallest absolute Gasteiger partial charge is 0.249 e. The van der Waals surface area contributed by atoms with E-state index in [0.717, 1.165) is 41.2 Å². The first-order chi connectivity index (χ1) is 13.5. The molecule has 0 aliphatic heterocycles. The van der Waals surface area contributed by atoms with E-state index in [1.54, 1.807) is 0 Å². The Balaban J connectivity index is 2.00. The highest BCUT2D eigenvalue weighted by Gasteiger charge is 2.17. The van der Waals surface area contributed by atoms with Crippen molar-refractivity contribution in [3.63, 3.8) is 0 Å². The lowest BCUT2D eigenvalue weighted by molar-refractivity contribution is 0.100. The van der Waals surface area contributed by atoms with Crippen molar-refractivity contribution in [1.82, 2.24) is 4.57 Å². The molecule has 0 aliphatic rings. The quantitative estimate of drug-likeness (QED) is 0.495. The molecule has 1 heterocycles. The molecule has 0 radical (unpaired) electrons. The lowest BCUT2D eigenvalue weighted by Gasteiger charge is -2.11. The maximum absolute atomic E-state index is 12.1. The van der Waals surface area contributed by atoms with Gasteiger partial charge in [-0.05, 0) is 60.7 Å². The maximum atomic E-state index is 12.1. The Morgan fingerprint density at radius 2 is 1.71 bits per heavy atom. The zero-order valence-corrected chi connectivity index (χ0v) is 16.8. The summed E-state index contributed by atoms with van der Waals surface area (Å²) in [6.45, 7) is 7.24. The topological polar surface area (TPSA) is 48.0 Å². The minimum atomic E-state index is -0.381. The van der Waals surface area contributed by atoms with E-state index in [4.69, 9.17) is 5.73 Å². The number of benzene rings is 3. The Bertz CT molecular complexity index is 1200. The van der Waals surface area contributed by atoms with Crippen LogP contribution in [0.1, 0.15) is 46.0 Å². The number of amides is 1. The van der Waals surface area contributed by atoms with Crippen LogP contribution in [0.3, 0.4) is 0 Å². The number of hydrogen-bond donors (Lipinski definition) is 1. The number of nitrogens with zero attached hydrogens (tertiary/aromatic N) is 1. The molecule has 3 aromatic carbocycles. The number of aromatic nitrogens is 1. The van der Waals surface area contributed by atoms with Crippen molar-refractivity contribution < 1.29 is 4.79 Å². The van der Waals surface area contributed by atoms with E-state index in [9.17, 15) is 4.79 Å². The molecule has 4 rings (SSSR count). The number of primary amides is 1. The molecule has 0 aliphatic carbocycles. The van der Waals surface area contributed by atoms with E-state index in [0.29, 0.717) is 5.56 Å². The fourth-order valence-corrected chi connectivity index (χ4v) is 4.09. The fourth-order valence-electron chi connectivity index (χ4n) is 4.09. The average molecular weight is 370 g/mol. The van der Waals surface area contributed by atoms with Crippen LogP contribution in [0, 0.1) is 13.8 Å². The second-order valence-electron chi connectivity index (χ2n) is 7.67. The molecule has 1 amide bonds. The fraction of sp³-hybridized carbons (Fsp3) is 0.240. The molecular weight excluding hydrogens is 344 g/mol. The number of rotatable bonds is 5. The third-order valence-electron chi connectivity index (χ3n) is 5.67. The molecule has 2 N–H and O–H groups in total. The molecule has 28 heavy (non-hydrogen) atoms. The largest absolute Gasteiger partial charge is 0.366 e. The Labute approximate surface area is 165 Å². The van der Waals surface area contributed by atoms with E-state index >= 15 is 0 Å². The molecule has 0 atom stereocenters. The Morgan fingerprint density at radius 1 is 0.929 bits per heavy atom.